The fourth-order valence-electron chi connectivity index (χ4n) is 1.48. The first-order valence-corrected chi connectivity index (χ1v) is 3.81. The molecule has 0 saturated carbocycles. The molecule has 0 fully saturated rings. The summed E-state index contributed by atoms with van der Waals surface area (Å²) in [6.45, 7) is 2.09. The number of fused-ring (bicyclic) bond motifs is 1. The Kier molecular flexibility index (Phi) is 1.27. The molecule has 0 aliphatic carbocycles. The molecule has 0 saturated heterocycles. The van der Waals surface area contributed by atoms with Gasteiger partial charge in [0.25, 0.3) is 0 Å². The molecule has 11 heavy (non-hydrogen) atoms. The van der Waals surface area contributed by atoms with E-state index in [0.717, 1.165) is 31.3 Å². The first kappa shape index (κ1) is 6.52. The number of aromatic nitrogens is 2. The summed E-state index contributed by atoms with van der Waals surface area (Å²) in [6.07, 6.45) is 2.88. The second-order valence-electron chi connectivity index (χ2n) is 2.91. The smallest absolute Gasteiger partial charge is 0.206 e. The fraction of sp³-hybridized carbons (Fsp3) is 0.571. The van der Waals surface area contributed by atoms with E-state index in [2.05, 4.69) is 9.88 Å². The van der Waals surface area contributed by atoms with Crippen LogP contribution in [0.25, 0.3) is 0 Å². The first-order valence-electron chi connectivity index (χ1n) is 3.81. The van der Waals surface area contributed by atoms with E-state index in [4.69, 9.17) is 5.73 Å². The van der Waals surface area contributed by atoms with Gasteiger partial charge in [-0.05, 0) is 6.42 Å². The maximum absolute atomic E-state index is 5.70. The quantitative estimate of drug-likeness (QED) is 0.581. The summed E-state index contributed by atoms with van der Waals surface area (Å²) in [5, 5.41) is 0. The molecule has 0 bridgehead atoms. The monoisotopic (exact) mass is 152 g/mol. The molecule has 0 atom stereocenters. The molecule has 2 rings (SSSR count). The highest BCUT2D eigenvalue weighted by Crippen LogP contribution is 2.20. The summed E-state index contributed by atoms with van der Waals surface area (Å²) >= 11 is 0. The number of hydrogen-bond donors (Lipinski definition) is 1. The summed E-state index contributed by atoms with van der Waals surface area (Å²) in [5.41, 5.74) is 5.70. The highest BCUT2D eigenvalue weighted by molar-refractivity contribution is 5.42. The van der Waals surface area contributed by atoms with Gasteiger partial charge in [0.1, 0.15) is 5.82 Å². The molecule has 0 aromatic carbocycles. The van der Waals surface area contributed by atoms with Gasteiger partial charge in [-0.2, -0.15) is 0 Å². The first-order chi connectivity index (χ1) is 5.29. The zero-order valence-corrected chi connectivity index (χ0v) is 6.62. The van der Waals surface area contributed by atoms with Crippen LogP contribution in [0.2, 0.25) is 0 Å². The number of hydrogen-bond acceptors (Lipinski definition) is 3. The molecule has 4 nitrogen and oxygen atoms in total. The maximum Gasteiger partial charge on any atom is 0.206 e. The number of nitrogens with two attached hydrogens (primary N) is 1. The van der Waals surface area contributed by atoms with E-state index in [1.807, 2.05) is 11.6 Å². The SMILES string of the molecule is CN1CCCn2c(N)cnc21. The minimum Gasteiger partial charge on any atom is -0.384 e. The molecule has 0 spiro atoms. The van der Waals surface area contributed by atoms with Crippen LogP contribution in [0.5, 0.6) is 0 Å². The fourth-order valence-corrected chi connectivity index (χ4v) is 1.48. The van der Waals surface area contributed by atoms with Crippen LogP contribution >= 0.6 is 0 Å². The predicted octanol–water partition coefficient (Wildman–Crippen LogP) is 0.305. The predicted molar refractivity (Wildman–Crippen MR) is 44.5 cm³/mol. The second kappa shape index (κ2) is 2.15. The van der Waals surface area contributed by atoms with Crippen LogP contribution in [0.15, 0.2) is 6.20 Å². The van der Waals surface area contributed by atoms with Crippen LogP contribution in [-0.2, 0) is 6.54 Å². The van der Waals surface area contributed by atoms with Gasteiger partial charge >= 0.3 is 0 Å². The van der Waals surface area contributed by atoms with E-state index >= 15 is 0 Å². The Labute approximate surface area is 65.6 Å². The lowest BCUT2D eigenvalue weighted by molar-refractivity contribution is 0.584. The van der Waals surface area contributed by atoms with Crippen molar-refractivity contribution in [3.63, 3.8) is 0 Å². The third-order valence-corrected chi connectivity index (χ3v) is 2.08. The number of rotatable bonds is 0. The van der Waals surface area contributed by atoms with Crippen LogP contribution in [0.1, 0.15) is 6.42 Å². The molecule has 1 aromatic rings. The average molecular weight is 152 g/mol. The Balaban J connectivity index is 2.46. The lowest BCUT2D eigenvalue weighted by atomic mass is 10.3. The Morgan fingerprint density at radius 2 is 2.36 bits per heavy atom. The standard InChI is InChI=1S/C7H12N4/c1-10-3-2-4-11-6(8)5-9-7(10)11/h5H,2-4,8H2,1H3. The Bertz CT molecular complexity index is 265. The van der Waals surface area contributed by atoms with Gasteiger partial charge in [-0.25, -0.2) is 4.98 Å². The summed E-state index contributed by atoms with van der Waals surface area (Å²) in [5.74, 6) is 1.76. The molecule has 1 aliphatic heterocycles. The van der Waals surface area contributed by atoms with E-state index in [1.165, 1.54) is 0 Å². The Morgan fingerprint density at radius 3 is 3.09 bits per heavy atom. The molecule has 4 heteroatoms. The molecule has 1 aromatic heterocycles. The highest BCUT2D eigenvalue weighted by atomic mass is 15.3. The molecule has 0 radical (unpaired) electrons. The average Bonchev–Trinajstić information content (AvgIpc) is 2.35. The van der Waals surface area contributed by atoms with Crippen molar-refractivity contribution in [2.45, 2.75) is 13.0 Å². The minimum atomic E-state index is 0.770. The van der Waals surface area contributed by atoms with Crippen molar-refractivity contribution in [2.24, 2.45) is 0 Å². The van der Waals surface area contributed by atoms with Crippen LogP contribution in [0, 0.1) is 0 Å². The normalized spacial score (nSPS) is 16.6. The number of nitrogen functional groups attached to an aromatic ring is 1. The van der Waals surface area contributed by atoms with Crippen LogP contribution in [0.4, 0.5) is 11.8 Å². The van der Waals surface area contributed by atoms with Crippen molar-refractivity contribution in [1.29, 1.82) is 0 Å². The number of imidazole rings is 1. The Morgan fingerprint density at radius 1 is 1.55 bits per heavy atom. The lowest BCUT2D eigenvalue weighted by Gasteiger charge is -2.25. The third-order valence-electron chi connectivity index (χ3n) is 2.08. The van der Waals surface area contributed by atoms with E-state index in [1.54, 1.807) is 6.20 Å². The summed E-state index contributed by atoms with van der Waals surface area (Å²) in [7, 11) is 2.04. The van der Waals surface area contributed by atoms with E-state index in [-0.39, 0.29) is 0 Å². The van der Waals surface area contributed by atoms with Crippen molar-refractivity contribution in [1.82, 2.24) is 9.55 Å². The third kappa shape index (κ3) is 0.859. The van der Waals surface area contributed by atoms with Gasteiger partial charge in [-0.1, -0.05) is 0 Å². The van der Waals surface area contributed by atoms with Gasteiger partial charge in [0.15, 0.2) is 0 Å². The highest BCUT2D eigenvalue weighted by Gasteiger charge is 2.15. The second-order valence-corrected chi connectivity index (χ2v) is 2.91. The van der Waals surface area contributed by atoms with E-state index in [9.17, 15) is 0 Å². The van der Waals surface area contributed by atoms with Gasteiger partial charge in [0.05, 0.1) is 6.20 Å². The minimum absolute atomic E-state index is 0.770. The summed E-state index contributed by atoms with van der Waals surface area (Å²) in [4.78, 5) is 6.33. The van der Waals surface area contributed by atoms with Crippen molar-refractivity contribution in [3.8, 4) is 0 Å². The number of nitrogens with zero attached hydrogens (tertiary/aromatic N) is 3. The van der Waals surface area contributed by atoms with Gasteiger partial charge in [-0.15, -0.1) is 0 Å². The van der Waals surface area contributed by atoms with Crippen molar-refractivity contribution in [2.75, 3.05) is 24.2 Å². The molecule has 2 heterocycles. The summed E-state index contributed by atoms with van der Waals surface area (Å²) in [6, 6.07) is 0. The van der Waals surface area contributed by atoms with Crippen LogP contribution < -0.4 is 10.6 Å². The summed E-state index contributed by atoms with van der Waals surface area (Å²) < 4.78 is 2.05. The van der Waals surface area contributed by atoms with Crippen LogP contribution in [0.3, 0.4) is 0 Å². The molecule has 0 amide bonds. The molecule has 0 unspecified atom stereocenters. The van der Waals surface area contributed by atoms with Crippen molar-refractivity contribution >= 4 is 11.8 Å². The topological polar surface area (TPSA) is 47.1 Å². The largest absolute Gasteiger partial charge is 0.384 e. The van der Waals surface area contributed by atoms with Gasteiger partial charge in [0, 0.05) is 20.1 Å². The van der Waals surface area contributed by atoms with E-state index < -0.39 is 0 Å². The van der Waals surface area contributed by atoms with Gasteiger partial charge in [-0.3, -0.25) is 4.57 Å². The zero-order chi connectivity index (χ0) is 7.84. The molecule has 2 N–H and O–H groups in total. The maximum atomic E-state index is 5.70. The van der Waals surface area contributed by atoms with Gasteiger partial charge < -0.3 is 10.6 Å². The molecule has 1 aliphatic rings. The Hall–Kier alpha value is -1.19. The van der Waals surface area contributed by atoms with Crippen molar-refractivity contribution in [3.05, 3.63) is 6.20 Å². The van der Waals surface area contributed by atoms with E-state index in [0.29, 0.717) is 0 Å². The molecular formula is C7H12N4. The molecular weight excluding hydrogens is 140 g/mol. The van der Waals surface area contributed by atoms with Crippen LogP contribution in [-0.4, -0.2) is 23.1 Å². The van der Waals surface area contributed by atoms with Crippen molar-refractivity contribution < 1.29 is 0 Å². The number of anilines is 2. The zero-order valence-electron chi connectivity index (χ0n) is 6.62. The molecule has 60 valence electrons. The van der Waals surface area contributed by atoms with Gasteiger partial charge in [0.2, 0.25) is 5.95 Å². The lowest BCUT2D eigenvalue weighted by Crippen LogP contribution is -2.28.